The van der Waals surface area contributed by atoms with Crippen LogP contribution in [-0.2, 0) is 6.54 Å². The molecule has 1 aromatic heterocycles. The normalized spacial score (nSPS) is 12.8. The van der Waals surface area contributed by atoms with Crippen molar-refractivity contribution in [2.75, 3.05) is 6.54 Å². The van der Waals surface area contributed by atoms with E-state index in [0.29, 0.717) is 12.6 Å². The highest BCUT2D eigenvalue weighted by Crippen LogP contribution is 2.16. The first kappa shape index (κ1) is 14.7. The third-order valence-corrected chi connectivity index (χ3v) is 3.46. The fourth-order valence-electron chi connectivity index (χ4n) is 2.19. The lowest BCUT2D eigenvalue weighted by Gasteiger charge is -2.29. The fourth-order valence-corrected chi connectivity index (χ4v) is 2.19. The summed E-state index contributed by atoms with van der Waals surface area (Å²) in [5.74, 6) is 0. The largest absolute Gasteiger partial charge is 0.387 e. The highest BCUT2D eigenvalue weighted by atomic mass is 16.3. The molecule has 2 rings (SSSR count). The number of nitrogens with zero attached hydrogens (tertiary/aromatic N) is 2. The lowest BCUT2D eigenvalue weighted by atomic mass is 10.1. The molecule has 0 saturated heterocycles. The Kier molecular flexibility index (Phi) is 5.27. The fraction of sp³-hybridized carbons (Fsp3) is 0.353. The van der Waals surface area contributed by atoms with Crippen LogP contribution in [0.1, 0.15) is 31.1 Å². The Morgan fingerprint density at radius 3 is 2.30 bits per heavy atom. The summed E-state index contributed by atoms with van der Waals surface area (Å²) in [4.78, 5) is 6.26. The van der Waals surface area contributed by atoms with E-state index in [2.05, 4.69) is 35.9 Å². The minimum absolute atomic E-state index is 0.381. The summed E-state index contributed by atoms with van der Waals surface area (Å²) in [5, 5.41) is 10.3. The predicted molar refractivity (Wildman–Crippen MR) is 81.2 cm³/mol. The van der Waals surface area contributed by atoms with Crippen molar-refractivity contribution in [1.82, 2.24) is 9.88 Å². The molecule has 0 fully saturated rings. The zero-order chi connectivity index (χ0) is 14.4. The highest BCUT2D eigenvalue weighted by molar-refractivity contribution is 5.16. The van der Waals surface area contributed by atoms with E-state index >= 15 is 0 Å². The van der Waals surface area contributed by atoms with E-state index in [1.807, 2.05) is 30.3 Å². The SMILES string of the molecule is CC(C)N(Cc1ccccc1)CC(O)c1ccncc1. The van der Waals surface area contributed by atoms with Crippen LogP contribution in [0, 0.1) is 0 Å². The second kappa shape index (κ2) is 7.17. The molecular formula is C17H22N2O. The van der Waals surface area contributed by atoms with E-state index in [-0.39, 0.29) is 0 Å². The number of hydrogen-bond acceptors (Lipinski definition) is 3. The molecule has 106 valence electrons. The van der Waals surface area contributed by atoms with Gasteiger partial charge in [0.05, 0.1) is 6.10 Å². The lowest BCUT2D eigenvalue weighted by Crippen LogP contribution is -2.34. The first-order chi connectivity index (χ1) is 9.66. The second-order valence-electron chi connectivity index (χ2n) is 5.31. The van der Waals surface area contributed by atoms with Gasteiger partial charge in [0.1, 0.15) is 0 Å². The summed E-state index contributed by atoms with van der Waals surface area (Å²) in [6, 6.07) is 14.5. The van der Waals surface area contributed by atoms with Crippen LogP contribution in [-0.4, -0.2) is 27.6 Å². The minimum Gasteiger partial charge on any atom is -0.387 e. The average Bonchev–Trinajstić information content (AvgIpc) is 2.48. The van der Waals surface area contributed by atoms with Gasteiger partial charge < -0.3 is 5.11 Å². The van der Waals surface area contributed by atoms with Gasteiger partial charge in [0.25, 0.3) is 0 Å². The number of aliphatic hydroxyl groups excluding tert-OH is 1. The number of pyridine rings is 1. The van der Waals surface area contributed by atoms with Gasteiger partial charge in [-0.1, -0.05) is 30.3 Å². The third kappa shape index (κ3) is 4.15. The first-order valence-corrected chi connectivity index (χ1v) is 7.03. The number of rotatable bonds is 6. The molecule has 0 radical (unpaired) electrons. The molecule has 0 amide bonds. The summed E-state index contributed by atoms with van der Waals surface area (Å²) in [6.45, 7) is 5.78. The first-order valence-electron chi connectivity index (χ1n) is 7.03. The predicted octanol–water partition coefficient (Wildman–Crippen LogP) is 3.03. The molecule has 1 heterocycles. The molecule has 0 aliphatic carbocycles. The van der Waals surface area contributed by atoms with E-state index in [4.69, 9.17) is 0 Å². The summed E-state index contributed by atoms with van der Waals surface area (Å²) in [6.07, 6.45) is 2.95. The van der Waals surface area contributed by atoms with Gasteiger partial charge in [-0.25, -0.2) is 0 Å². The molecule has 0 aliphatic rings. The molecule has 0 bridgehead atoms. The Morgan fingerprint density at radius 2 is 1.70 bits per heavy atom. The standard InChI is InChI=1S/C17H22N2O/c1-14(2)19(12-15-6-4-3-5-7-15)13-17(20)16-8-10-18-11-9-16/h3-11,14,17,20H,12-13H2,1-2H3. The maximum atomic E-state index is 10.3. The van der Waals surface area contributed by atoms with Crippen LogP contribution in [0.25, 0.3) is 0 Å². The van der Waals surface area contributed by atoms with Crippen molar-refractivity contribution in [2.45, 2.75) is 32.5 Å². The number of aliphatic hydroxyl groups is 1. The van der Waals surface area contributed by atoms with Gasteiger partial charge in [-0.05, 0) is 37.1 Å². The smallest absolute Gasteiger partial charge is 0.0918 e. The Morgan fingerprint density at radius 1 is 1.05 bits per heavy atom. The molecule has 1 atom stereocenters. The highest BCUT2D eigenvalue weighted by Gasteiger charge is 2.16. The summed E-state index contributed by atoms with van der Waals surface area (Å²) in [5.41, 5.74) is 2.18. The van der Waals surface area contributed by atoms with Crippen LogP contribution in [0.3, 0.4) is 0 Å². The molecule has 3 nitrogen and oxygen atoms in total. The maximum Gasteiger partial charge on any atom is 0.0918 e. The Hall–Kier alpha value is -1.71. The molecule has 20 heavy (non-hydrogen) atoms. The monoisotopic (exact) mass is 270 g/mol. The second-order valence-corrected chi connectivity index (χ2v) is 5.31. The van der Waals surface area contributed by atoms with Crippen molar-refractivity contribution >= 4 is 0 Å². The van der Waals surface area contributed by atoms with Gasteiger partial charge >= 0.3 is 0 Å². The molecule has 2 aromatic rings. The van der Waals surface area contributed by atoms with Crippen LogP contribution in [0.2, 0.25) is 0 Å². The van der Waals surface area contributed by atoms with Crippen LogP contribution in [0.15, 0.2) is 54.9 Å². The van der Waals surface area contributed by atoms with Gasteiger partial charge in [-0.3, -0.25) is 9.88 Å². The van der Waals surface area contributed by atoms with Gasteiger partial charge in [0, 0.05) is 31.5 Å². The van der Waals surface area contributed by atoms with E-state index in [1.165, 1.54) is 5.56 Å². The molecule has 3 heteroatoms. The van der Waals surface area contributed by atoms with Crippen molar-refractivity contribution in [3.8, 4) is 0 Å². The van der Waals surface area contributed by atoms with Crippen molar-refractivity contribution in [2.24, 2.45) is 0 Å². The van der Waals surface area contributed by atoms with Crippen LogP contribution in [0.5, 0.6) is 0 Å². The van der Waals surface area contributed by atoms with E-state index in [1.54, 1.807) is 12.4 Å². The van der Waals surface area contributed by atoms with Gasteiger partial charge in [-0.2, -0.15) is 0 Å². The van der Waals surface area contributed by atoms with Gasteiger partial charge in [0.2, 0.25) is 0 Å². The zero-order valence-corrected chi connectivity index (χ0v) is 12.1. The summed E-state index contributed by atoms with van der Waals surface area (Å²) >= 11 is 0. The van der Waals surface area contributed by atoms with E-state index in [9.17, 15) is 5.11 Å². The Bertz CT molecular complexity index is 499. The van der Waals surface area contributed by atoms with E-state index in [0.717, 1.165) is 12.1 Å². The number of aromatic nitrogens is 1. The molecule has 1 N–H and O–H groups in total. The minimum atomic E-state index is -0.482. The van der Waals surface area contributed by atoms with Crippen LogP contribution in [0.4, 0.5) is 0 Å². The molecule has 1 aromatic carbocycles. The Labute approximate surface area is 120 Å². The molecule has 0 saturated carbocycles. The maximum absolute atomic E-state index is 10.3. The average molecular weight is 270 g/mol. The summed E-state index contributed by atoms with van der Waals surface area (Å²) < 4.78 is 0. The van der Waals surface area contributed by atoms with Crippen LogP contribution >= 0.6 is 0 Å². The van der Waals surface area contributed by atoms with Crippen LogP contribution < -0.4 is 0 Å². The van der Waals surface area contributed by atoms with Gasteiger partial charge in [-0.15, -0.1) is 0 Å². The number of benzene rings is 1. The Balaban J connectivity index is 2.03. The topological polar surface area (TPSA) is 36.4 Å². The van der Waals surface area contributed by atoms with Crippen molar-refractivity contribution in [3.63, 3.8) is 0 Å². The third-order valence-electron chi connectivity index (χ3n) is 3.46. The molecular weight excluding hydrogens is 248 g/mol. The van der Waals surface area contributed by atoms with Crippen molar-refractivity contribution in [1.29, 1.82) is 0 Å². The molecule has 1 unspecified atom stereocenters. The molecule has 0 aliphatic heterocycles. The van der Waals surface area contributed by atoms with Crippen molar-refractivity contribution < 1.29 is 5.11 Å². The van der Waals surface area contributed by atoms with Crippen molar-refractivity contribution in [3.05, 3.63) is 66.0 Å². The van der Waals surface area contributed by atoms with Gasteiger partial charge in [0.15, 0.2) is 0 Å². The molecule has 0 spiro atoms. The summed E-state index contributed by atoms with van der Waals surface area (Å²) in [7, 11) is 0. The zero-order valence-electron chi connectivity index (χ0n) is 12.1. The van der Waals surface area contributed by atoms with E-state index < -0.39 is 6.10 Å². The quantitative estimate of drug-likeness (QED) is 0.876. The lowest BCUT2D eigenvalue weighted by molar-refractivity contribution is 0.0907. The number of hydrogen-bond donors (Lipinski definition) is 1.